The Balaban J connectivity index is 1.69. The number of benzene rings is 2. The van der Waals surface area contributed by atoms with Crippen molar-refractivity contribution in [1.29, 1.82) is 0 Å². The Morgan fingerprint density at radius 3 is 2.30 bits per heavy atom. The second-order valence-corrected chi connectivity index (χ2v) is 10.2. The molecule has 0 spiro atoms. The third-order valence-electron chi connectivity index (χ3n) is 6.76. The van der Waals surface area contributed by atoms with Gasteiger partial charge < -0.3 is 20.6 Å². The summed E-state index contributed by atoms with van der Waals surface area (Å²) in [6.45, 7) is 8.83. The van der Waals surface area contributed by atoms with Crippen LogP contribution in [0.2, 0.25) is 0 Å². The molecule has 3 rings (SSSR count). The Labute approximate surface area is 236 Å². The van der Waals surface area contributed by atoms with Gasteiger partial charge in [-0.25, -0.2) is 13.8 Å². The first kappa shape index (κ1) is 31.2. The van der Waals surface area contributed by atoms with Crippen LogP contribution in [0.25, 0.3) is 0 Å². The third kappa shape index (κ3) is 9.99. The topological polar surface area (TPSA) is 77.5 Å². The van der Waals surface area contributed by atoms with Crippen LogP contribution in [-0.4, -0.2) is 47.8 Å². The molecule has 0 aliphatic rings. The SMILES string of the molecule is CCCN(CCC)c1cc(CC(=O)N[C@H](Cc2cc(F)cc(F)c2)[C@H](O)CNCc2cccc(CC)c2)ccn1. The molecule has 3 N–H and O–H groups in total. The largest absolute Gasteiger partial charge is 0.390 e. The van der Waals surface area contributed by atoms with E-state index in [0.29, 0.717) is 12.1 Å². The fourth-order valence-corrected chi connectivity index (χ4v) is 4.80. The van der Waals surface area contributed by atoms with E-state index < -0.39 is 23.8 Å². The smallest absolute Gasteiger partial charge is 0.224 e. The maximum atomic E-state index is 13.9. The van der Waals surface area contributed by atoms with Crippen LogP contribution < -0.4 is 15.5 Å². The Morgan fingerprint density at radius 2 is 1.62 bits per heavy atom. The highest BCUT2D eigenvalue weighted by atomic mass is 19.1. The van der Waals surface area contributed by atoms with E-state index in [1.165, 1.54) is 17.7 Å². The standard InChI is InChI=1S/C32H42F2N4O2/c1-4-12-38(13-5-2)31-18-24(10-11-36-31)19-32(40)37-29(17-26-15-27(33)20-28(34)16-26)30(39)22-35-21-25-9-7-8-23(6-3)14-25/h7-11,14-16,18,20,29-30,35,39H,4-6,12-13,17,19,21-22H2,1-3H3,(H,37,40)/t29-,30-/m1/s1. The van der Waals surface area contributed by atoms with Gasteiger partial charge in [0.1, 0.15) is 17.5 Å². The molecule has 0 saturated carbocycles. The second-order valence-electron chi connectivity index (χ2n) is 10.2. The number of hydrogen-bond donors (Lipinski definition) is 3. The van der Waals surface area contributed by atoms with E-state index >= 15 is 0 Å². The minimum absolute atomic E-state index is 0.0803. The predicted molar refractivity (Wildman–Crippen MR) is 156 cm³/mol. The molecule has 0 aliphatic heterocycles. The van der Waals surface area contributed by atoms with Gasteiger partial charge >= 0.3 is 0 Å². The van der Waals surface area contributed by atoms with Crippen LogP contribution in [0.1, 0.15) is 55.9 Å². The van der Waals surface area contributed by atoms with Gasteiger partial charge in [-0.1, -0.05) is 45.0 Å². The van der Waals surface area contributed by atoms with E-state index in [0.717, 1.165) is 55.4 Å². The van der Waals surface area contributed by atoms with Crippen LogP contribution >= 0.6 is 0 Å². The lowest BCUT2D eigenvalue weighted by atomic mass is 10.00. The molecule has 0 aliphatic carbocycles. The number of aryl methyl sites for hydroxylation is 1. The number of carbonyl (C=O) groups excluding carboxylic acids is 1. The van der Waals surface area contributed by atoms with E-state index in [9.17, 15) is 18.7 Å². The van der Waals surface area contributed by atoms with Gasteiger partial charge in [-0.3, -0.25) is 4.79 Å². The third-order valence-corrected chi connectivity index (χ3v) is 6.76. The molecular weight excluding hydrogens is 510 g/mol. The van der Waals surface area contributed by atoms with Crippen LogP contribution in [0.15, 0.2) is 60.8 Å². The van der Waals surface area contributed by atoms with E-state index in [-0.39, 0.29) is 25.3 Å². The van der Waals surface area contributed by atoms with Gasteiger partial charge in [-0.15, -0.1) is 0 Å². The van der Waals surface area contributed by atoms with Crippen molar-refractivity contribution in [3.05, 3.63) is 94.7 Å². The molecule has 2 atom stereocenters. The Kier molecular flexibility index (Phi) is 12.5. The summed E-state index contributed by atoms with van der Waals surface area (Å²) in [5.74, 6) is -0.850. The normalized spacial score (nSPS) is 12.7. The maximum Gasteiger partial charge on any atom is 0.224 e. The second kappa shape index (κ2) is 16.0. The van der Waals surface area contributed by atoms with Crippen LogP contribution in [0.5, 0.6) is 0 Å². The summed E-state index contributed by atoms with van der Waals surface area (Å²) in [7, 11) is 0. The number of hydrogen-bond acceptors (Lipinski definition) is 5. The quantitative estimate of drug-likeness (QED) is 0.234. The predicted octanol–water partition coefficient (Wildman–Crippen LogP) is 4.97. The minimum atomic E-state index is -0.984. The van der Waals surface area contributed by atoms with Crippen LogP contribution in [0.3, 0.4) is 0 Å². The van der Waals surface area contributed by atoms with Crippen molar-refractivity contribution in [3.63, 3.8) is 0 Å². The molecule has 0 fully saturated rings. The summed E-state index contributed by atoms with van der Waals surface area (Å²) in [5.41, 5.74) is 3.48. The summed E-state index contributed by atoms with van der Waals surface area (Å²) < 4.78 is 27.8. The van der Waals surface area contributed by atoms with Crippen molar-refractivity contribution in [2.24, 2.45) is 0 Å². The molecule has 6 nitrogen and oxygen atoms in total. The number of aromatic nitrogens is 1. The first-order chi connectivity index (χ1) is 19.3. The lowest BCUT2D eigenvalue weighted by molar-refractivity contribution is -0.122. The molecule has 40 heavy (non-hydrogen) atoms. The van der Waals surface area contributed by atoms with Crippen LogP contribution in [0, 0.1) is 11.6 Å². The Hall–Kier alpha value is -3.36. The Morgan fingerprint density at radius 1 is 0.925 bits per heavy atom. The minimum Gasteiger partial charge on any atom is -0.390 e. The highest BCUT2D eigenvalue weighted by Gasteiger charge is 2.23. The summed E-state index contributed by atoms with van der Waals surface area (Å²) >= 11 is 0. The summed E-state index contributed by atoms with van der Waals surface area (Å²) in [4.78, 5) is 19.8. The highest BCUT2D eigenvalue weighted by molar-refractivity contribution is 5.79. The van der Waals surface area contributed by atoms with E-state index in [4.69, 9.17) is 0 Å². The first-order valence-corrected chi connectivity index (χ1v) is 14.2. The molecule has 216 valence electrons. The van der Waals surface area contributed by atoms with Gasteiger partial charge in [0, 0.05) is 38.4 Å². The lowest BCUT2D eigenvalue weighted by Gasteiger charge is -2.25. The zero-order chi connectivity index (χ0) is 28.9. The fraction of sp³-hybridized carbons (Fsp3) is 0.438. The number of pyridine rings is 1. The van der Waals surface area contributed by atoms with E-state index in [2.05, 4.69) is 53.4 Å². The number of nitrogens with zero attached hydrogens (tertiary/aromatic N) is 2. The molecule has 1 amide bonds. The van der Waals surface area contributed by atoms with Crippen molar-refractivity contribution >= 4 is 11.7 Å². The molecular formula is C32H42F2N4O2. The Bertz CT molecular complexity index is 1200. The molecule has 0 radical (unpaired) electrons. The van der Waals surface area contributed by atoms with Crippen molar-refractivity contribution in [3.8, 4) is 0 Å². The van der Waals surface area contributed by atoms with E-state index in [1.54, 1.807) is 12.3 Å². The number of nitrogens with one attached hydrogen (secondary N) is 2. The number of anilines is 1. The van der Waals surface area contributed by atoms with Crippen molar-refractivity contribution in [2.45, 2.75) is 71.6 Å². The number of carbonyl (C=O) groups is 1. The molecule has 0 bridgehead atoms. The monoisotopic (exact) mass is 552 g/mol. The molecule has 1 heterocycles. The first-order valence-electron chi connectivity index (χ1n) is 14.2. The number of rotatable bonds is 16. The van der Waals surface area contributed by atoms with Gasteiger partial charge in [0.05, 0.1) is 18.6 Å². The van der Waals surface area contributed by atoms with Gasteiger partial charge in [-0.05, 0) is 72.2 Å². The highest BCUT2D eigenvalue weighted by Crippen LogP contribution is 2.16. The van der Waals surface area contributed by atoms with Gasteiger partial charge in [-0.2, -0.15) is 0 Å². The number of halogens is 2. The molecule has 1 aromatic heterocycles. The summed E-state index contributed by atoms with van der Waals surface area (Å²) in [5, 5.41) is 17.2. The zero-order valence-corrected chi connectivity index (χ0v) is 23.8. The lowest BCUT2D eigenvalue weighted by Crippen LogP contribution is -2.49. The van der Waals surface area contributed by atoms with Crippen LogP contribution in [-0.2, 0) is 30.6 Å². The summed E-state index contributed by atoms with van der Waals surface area (Å²) in [6.07, 6.45) is 3.81. The average Bonchev–Trinajstić information content (AvgIpc) is 2.92. The van der Waals surface area contributed by atoms with Gasteiger partial charge in [0.2, 0.25) is 5.91 Å². The van der Waals surface area contributed by atoms with Crippen LogP contribution in [0.4, 0.5) is 14.6 Å². The number of aliphatic hydroxyl groups excluding tert-OH is 1. The fourth-order valence-electron chi connectivity index (χ4n) is 4.80. The molecule has 8 heteroatoms. The van der Waals surface area contributed by atoms with E-state index in [1.807, 2.05) is 18.2 Å². The van der Waals surface area contributed by atoms with Gasteiger partial charge in [0.25, 0.3) is 0 Å². The van der Waals surface area contributed by atoms with Crippen molar-refractivity contribution in [2.75, 3.05) is 24.5 Å². The molecule has 0 unspecified atom stereocenters. The molecule has 0 saturated heterocycles. The number of aliphatic hydroxyl groups is 1. The van der Waals surface area contributed by atoms with Crippen molar-refractivity contribution in [1.82, 2.24) is 15.6 Å². The molecule has 3 aromatic rings. The maximum absolute atomic E-state index is 13.9. The molecule has 2 aromatic carbocycles. The summed E-state index contributed by atoms with van der Waals surface area (Å²) in [6, 6.07) is 14.4. The zero-order valence-electron chi connectivity index (χ0n) is 23.8. The van der Waals surface area contributed by atoms with Gasteiger partial charge in [0.15, 0.2) is 0 Å². The number of amides is 1. The average molecular weight is 553 g/mol. The van der Waals surface area contributed by atoms with Crippen molar-refractivity contribution < 1.29 is 18.7 Å².